The second-order valence-electron chi connectivity index (χ2n) is 25.2. The molecule has 0 aromatic carbocycles. The molecular weight excluding hydrogens is 1350 g/mol. The first-order chi connectivity index (χ1) is 49.0. The molecule has 4 atom stereocenters. The Bertz CT molecular complexity index is 4490. The molecule has 12 rings (SSSR count). The lowest BCUT2D eigenvalue weighted by molar-refractivity contribution is -0.109. The van der Waals surface area contributed by atoms with Crippen molar-refractivity contribution in [3.05, 3.63) is 198 Å². The number of hydrogen-bond acceptors (Lipinski definition) is 19. The number of aldehydes is 1. The maximum atomic E-state index is 12.7. The Morgan fingerprint density at radius 1 is 0.620 bits per heavy atom. The van der Waals surface area contributed by atoms with Crippen LogP contribution in [0.5, 0.6) is 0 Å². The quantitative estimate of drug-likeness (QED) is 0.0146. The highest BCUT2D eigenvalue weighted by atomic mass is 32.1. The summed E-state index contributed by atoms with van der Waals surface area (Å²) >= 11 is 3.62. The monoisotopic (exact) mass is 1440 g/mol. The molecule has 0 aliphatic heterocycles. The Hall–Kier alpha value is -8.53. The van der Waals surface area contributed by atoms with Crippen LogP contribution in [-0.2, 0) is 20.8 Å². The minimum absolute atomic E-state index is 0.0190. The van der Waals surface area contributed by atoms with Crippen LogP contribution in [-0.4, -0.2) is 136 Å². The molecule has 0 amide bonds. The molecule has 19 nitrogen and oxygen atoms in total. The van der Waals surface area contributed by atoms with Crippen LogP contribution in [0, 0.1) is 0 Å². The largest absolute Gasteiger partial charge is 0.410 e. The Morgan fingerprint density at radius 2 is 0.980 bits per heavy atom. The van der Waals surface area contributed by atoms with Gasteiger partial charge in [-0.25, -0.2) is 15.0 Å². The Labute approximate surface area is 604 Å². The molecule has 0 aliphatic carbocycles. The van der Waals surface area contributed by atoms with Gasteiger partial charge in [0, 0.05) is 152 Å². The topological polar surface area (TPSA) is 255 Å². The summed E-state index contributed by atoms with van der Waals surface area (Å²) in [7, 11) is -1.66. The number of thiol groups is 1. The number of rotatable bonds is 26. The molecule has 5 N–H and O–H groups in total. The van der Waals surface area contributed by atoms with E-state index in [0.717, 1.165) is 102 Å². The number of aliphatic hydroxyl groups is 1. The van der Waals surface area contributed by atoms with Crippen molar-refractivity contribution in [2.24, 2.45) is 5.73 Å². The zero-order valence-electron chi connectivity index (χ0n) is 60.0. The average molecular weight is 1440 g/mol. The first kappa shape index (κ1) is 74.2. The highest BCUT2D eigenvalue weighted by Gasteiger charge is 2.37. The Morgan fingerprint density at radius 3 is 1.30 bits per heavy atom. The predicted octanol–water partition coefficient (Wildman–Crippen LogP) is 15.3. The summed E-state index contributed by atoms with van der Waals surface area (Å²) in [5.74, 6) is 0.285. The fourth-order valence-corrected chi connectivity index (χ4v) is 13.2. The molecule has 0 bridgehead atoms. The van der Waals surface area contributed by atoms with Gasteiger partial charge < -0.3 is 43.9 Å². The van der Waals surface area contributed by atoms with Gasteiger partial charge in [-0.3, -0.25) is 33.5 Å². The van der Waals surface area contributed by atoms with E-state index in [1.54, 1.807) is 70.8 Å². The normalized spacial score (nSPS) is 12.8. The SMILES string of the molecule is CC(C)(C)[Si](C)(C)OCC=O.C[C@@H](CCC(=O)c1ccnc(-c2ccn3ccc(-c4cccs4)nc23)c1)NCCO.C[C@H](N)CCC(=O)c1ccnc(-c2ccn3ccc(-c4cccs4)nc23)c1.[2H]S(C)=O.[3H]CCN[C@@H](C)CCC(=O)c1ccnc(-c2ccn3ccc(-c4cccs4)nc23)c1. The zero-order valence-corrected chi connectivity index (χ0v) is 62.3. The van der Waals surface area contributed by atoms with Gasteiger partial charge in [0.1, 0.15) is 24.4 Å². The number of nitrogens with zero attached hydrogens (tertiary/aromatic N) is 9. The van der Waals surface area contributed by atoms with Gasteiger partial charge in [-0.2, -0.15) is 0 Å². The molecule has 100 heavy (non-hydrogen) atoms. The summed E-state index contributed by atoms with van der Waals surface area (Å²) in [5, 5.41) is 21.7. The average Bonchev–Trinajstić information content (AvgIpc) is 1.64. The van der Waals surface area contributed by atoms with E-state index < -0.39 is 19.9 Å². The van der Waals surface area contributed by atoms with Crippen LogP contribution in [0.3, 0.4) is 0 Å². The standard InChI is InChI=1S/C23H24N4O2S.C23H24N4OS.C21H20N4OS.C8H18O2Si.CH4OS/c1-16(24-10-13-28)4-5-21(29)17-6-9-25-20(15-17)18-7-11-27-12-8-19(26-23(18)27)22-3-2-14-30-22;1-3-24-16(2)6-7-21(28)17-8-11-25-20(15-17)18-9-12-27-13-10-19(26-23(18)27)22-5-4-14-29-22;1-14(22)4-5-19(26)15-6-9-23-18(13-15)16-7-10-25-11-8-17(24-21(16)25)20-3-2-12-27-20;1-8(2,3)11(4,5)10-7-6-9;1-3-2/h2-3,6-9,11-12,14-16,24,28H,4-5,10,13H2,1H3;4-5,8-16,24H,3,6-7H2,1-2H3;2-3,6-14H,4-5,22H2,1H3;6H,7H2,1-5H3;3H,1H3/t2*16-;14-;;/m000../s1/i;1T;;;3D. The van der Waals surface area contributed by atoms with Gasteiger partial charge in [0.05, 0.1) is 62.0 Å². The summed E-state index contributed by atoms with van der Waals surface area (Å²) in [6, 6.07) is 35.5. The fourth-order valence-electron chi connectivity index (χ4n) is 10.2. The van der Waals surface area contributed by atoms with Crippen LogP contribution in [0.4, 0.5) is 0 Å². The van der Waals surface area contributed by atoms with E-state index >= 15 is 0 Å². The Kier molecular flexibility index (Phi) is 28.0. The molecule has 0 saturated carbocycles. The third-order valence-electron chi connectivity index (χ3n) is 16.8. The lowest BCUT2D eigenvalue weighted by Gasteiger charge is -2.35. The molecule has 12 aromatic heterocycles. The van der Waals surface area contributed by atoms with Crippen molar-refractivity contribution >= 4 is 94.5 Å². The van der Waals surface area contributed by atoms with Gasteiger partial charge in [-0.05, 0) is 172 Å². The number of pyridine rings is 3. The van der Waals surface area contributed by atoms with Crippen LogP contribution in [0.25, 0.3) is 82.4 Å². The Balaban J connectivity index is 0.000000176. The number of ketones is 3. The zero-order chi connectivity index (χ0) is 73.3. The van der Waals surface area contributed by atoms with Gasteiger partial charge >= 0.3 is 0 Å². The maximum absolute atomic E-state index is 12.7. The maximum Gasteiger partial charge on any atom is 0.192 e. The first-order valence-electron chi connectivity index (χ1n) is 34.2. The van der Waals surface area contributed by atoms with E-state index in [0.29, 0.717) is 62.4 Å². The summed E-state index contributed by atoms with van der Waals surface area (Å²) in [5.41, 5.74) is 18.0. The van der Waals surface area contributed by atoms with Crippen molar-refractivity contribution in [2.45, 2.75) is 123 Å². The smallest absolute Gasteiger partial charge is 0.192 e. The number of carbonyl (C=O) groups is 4. The number of nitrogens with two attached hydrogens (primary N) is 1. The van der Waals surface area contributed by atoms with Crippen LogP contribution < -0.4 is 16.4 Å². The summed E-state index contributed by atoms with van der Waals surface area (Å²) in [4.78, 5) is 79.3. The predicted molar refractivity (Wildman–Crippen MR) is 412 cm³/mol. The van der Waals surface area contributed by atoms with Crippen molar-refractivity contribution in [2.75, 3.05) is 32.6 Å². The van der Waals surface area contributed by atoms with Gasteiger partial charge in [-0.15, -0.1) is 34.0 Å². The van der Waals surface area contributed by atoms with Crippen molar-refractivity contribution in [3.8, 4) is 65.5 Å². The second kappa shape index (κ2) is 37.8. The van der Waals surface area contributed by atoms with Crippen molar-refractivity contribution in [1.82, 2.24) is 53.7 Å². The van der Waals surface area contributed by atoms with E-state index in [-0.39, 0.29) is 53.7 Å². The summed E-state index contributed by atoms with van der Waals surface area (Å²) in [6.45, 7) is 18.6. The number of fused-ring (bicyclic) bond motifs is 3. The minimum Gasteiger partial charge on any atom is -0.410 e. The molecule has 12 aromatic rings. The molecule has 0 spiro atoms. The molecule has 1 unspecified atom stereocenters. The minimum atomic E-state index is -1.66. The van der Waals surface area contributed by atoms with Gasteiger partial charge in [-0.1, -0.05) is 45.9 Å². The molecule has 0 fully saturated rings. The number of hydrogen-bond donors (Lipinski definition) is 5. The van der Waals surface area contributed by atoms with Crippen molar-refractivity contribution in [3.63, 3.8) is 0 Å². The number of Topliss-reactive ketones (excluding diaryl/α,β-unsaturated/α-hetero) is 3. The number of aromatic nitrogens is 9. The number of carbonyl (C=O) groups excluding carboxylic acids is 4. The molecule has 24 heteroatoms. The number of thiophene rings is 3. The van der Waals surface area contributed by atoms with Crippen molar-refractivity contribution < 1.29 is 34.3 Å². The molecular formula is C76H90N12O7S4Si. The number of aliphatic hydroxyl groups excluding tert-OH is 1. The van der Waals surface area contributed by atoms with E-state index in [2.05, 4.69) is 77.6 Å². The first-order valence-corrected chi connectivity index (χ1v) is 39.7. The van der Waals surface area contributed by atoms with E-state index in [1.165, 1.54) is 6.26 Å². The van der Waals surface area contributed by atoms with Crippen LogP contribution in [0.1, 0.15) is 119 Å². The second-order valence-corrected chi connectivity index (χ2v) is 33.2. The van der Waals surface area contributed by atoms with Gasteiger partial charge in [0.15, 0.2) is 25.7 Å². The molecule has 0 radical (unpaired) electrons. The molecule has 12 heterocycles. The van der Waals surface area contributed by atoms with Gasteiger partial charge in [0.25, 0.3) is 0 Å². The number of nitrogens with one attached hydrogen (secondary N) is 2. The van der Waals surface area contributed by atoms with Crippen LogP contribution >= 0.6 is 34.0 Å². The van der Waals surface area contributed by atoms with Gasteiger partial charge in [0.2, 0.25) is 0 Å². The highest BCUT2D eigenvalue weighted by Crippen LogP contribution is 2.37. The van der Waals surface area contributed by atoms with Crippen LogP contribution in [0.15, 0.2) is 181 Å². The molecule has 0 aliphatic rings. The highest BCUT2D eigenvalue weighted by molar-refractivity contribution is 7.64. The third kappa shape index (κ3) is 21.5. The van der Waals surface area contributed by atoms with Crippen LogP contribution in [0.2, 0.25) is 18.1 Å². The molecule has 524 valence electrons. The fraction of sp³-hybridized carbons (Fsp3) is 0.316. The lowest BCUT2D eigenvalue weighted by atomic mass is 10.0. The summed E-state index contributed by atoms with van der Waals surface area (Å²) in [6.07, 6.45) is 22.6. The lowest BCUT2D eigenvalue weighted by Crippen LogP contribution is -2.41. The van der Waals surface area contributed by atoms with E-state index in [4.69, 9.17) is 32.7 Å². The van der Waals surface area contributed by atoms with E-state index in [1.807, 2.05) is 160 Å². The molecule has 0 saturated heterocycles. The third-order valence-corrected chi connectivity index (χ3v) is 23.9. The van der Waals surface area contributed by atoms with Crippen molar-refractivity contribution in [1.29, 1.82) is 1.12 Å². The van der Waals surface area contributed by atoms with E-state index in [9.17, 15) is 23.4 Å². The summed E-state index contributed by atoms with van der Waals surface area (Å²) < 4.78 is 33.9.